The van der Waals surface area contributed by atoms with E-state index in [1.165, 1.54) is 4.90 Å². The lowest BCUT2D eigenvalue weighted by molar-refractivity contribution is -0.122. The fraction of sp³-hybridized carbons (Fsp3) is 0.242. The number of imide groups is 1. The third kappa shape index (κ3) is 5.20. The molecule has 2 amide bonds. The van der Waals surface area contributed by atoms with Gasteiger partial charge in [0, 0.05) is 21.0 Å². The van der Waals surface area contributed by atoms with E-state index in [1.807, 2.05) is 25.1 Å². The van der Waals surface area contributed by atoms with Crippen LogP contribution in [0.15, 0.2) is 77.3 Å². The number of Topliss-reactive ketones (excluding diaryl/α,β-unsaturated/α-hetero) is 1. The molecule has 0 unspecified atom stereocenters. The van der Waals surface area contributed by atoms with Gasteiger partial charge in [0.15, 0.2) is 12.4 Å². The van der Waals surface area contributed by atoms with Crippen molar-refractivity contribution in [3.63, 3.8) is 0 Å². The molecule has 1 aliphatic carbocycles. The summed E-state index contributed by atoms with van der Waals surface area (Å²) in [4.78, 5) is 58.0. The summed E-state index contributed by atoms with van der Waals surface area (Å²) in [6.45, 7) is 1.54. The fourth-order valence-corrected chi connectivity index (χ4v) is 6.05. The third-order valence-corrected chi connectivity index (χ3v) is 8.48. The van der Waals surface area contributed by atoms with Crippen molar-refractivity contribution in [3.05, 3.63) is 94.0 Å². The normalized spacial score (nSPS) is 18.4. The standard InChI is InChI=1S/C33H27BrN2O5/c1-19-6-15-28-26(16-19)27(33(40)41-18-30(37)21-7-11-22(34)12-8-21)17-29(35-28)20-9-13-23(14-10-20)36-31(38)24-4-2-3-5-25(24)32(36)39/h6-17,24-25H,2-5,18H2,1H3/t24-,25-/m0/s1. The summed E-state index contributed by atoms with van der Waals surface area (Å²) in [5.41, 5.74) is 4.11. The van der Waals surface area contributed by atoms with E-state index in [9.17, 15) is 19.2 Å². The molecule has 6 rings (SSSR count). The van der Waals surface area contributed by atoms with Gasteiger partial charge >= 0.3 is 5.97 Å². The number of ether oxygens (including phenoxy) is 1. The molecule has 1 saturated carbocycles. The van der Waals surface area contributed by atoms with Crippen molar-refractivity contribution in [1.82, 2.24) is 4.98 Å². The van der Waals surface area contributed by atoms with Crippen LogP contribution in [0.3, 0.4) is 0 Å². The molecule has 8 heteroatoms. The minimum atomic E-state index is -0.623. The third-order valence-electron chi connectivity index (χ3n) is 7.95. The number of carbonyl (C=O) groups is 4. The summed E-state index contributed by atoms with van der Waals surface area (Å²) in [6, 6.07) is 21.2. The second kappa shape index (κ2) is 11.0. The summed E-state index contributed by atoms with van der Waals surface area (Å²) in [5.74, 6) is -1.59. The van der Waals surface area contributed by atoms with Crippen molar-refractivity contribution in [1.29, 1.82) is 0 Å². The predicted octanol–water partition coefficient (Wildman–Crippen LogP) is 6.69. The number of rotatable bonds is 6. The lowest BCUT2D eigenvalue weighted by Crippen LogP contribution is -2.30. The highest BCUT2D eigenvalue weighted by atomic mass is 79.9. The van der Waals surface area contributed by atoms with E-state index in [1.54, 1.807) is 54.6 Å². The van der Waals surface area contributed by atoms with E-state index in [0.29, 0.717) is 39.0 Å². The Morgan fingerprint density at radius 3 is 2.22 bits per heavy atom. The molecule has 1 aromatic heterocycles. The maximum absolute atomic E-state index is 13.3. The molecule has 2 fully saturated rings. The van der Waals surface area contributed by atoms with E-state index in [2.05, 4.69) is 15.9 Å². The number of hydrogen-bond acceptors (Lipinski definition) is 6. The molecular weight excluding hydrogens is 584 g/mol. The molecule has 0 radical (unpaired) electrons. The van der Waals surface area contributed by atoms with Crippen LogP contribution in [0, 0.1) is 18.8 Å². The van der Waals surface area contributed by atoms with Gasteiger partial charge in [0.1, 0.15) is 0 Å². The zero-order valence-corrected chi connectivity index (χ0v) is 24.0. The number of ketones is 1. The Bertz CT molecular complexity index is 1670. The Morgan fingerprint density at radius 1 is 0.902 bits per heavy atom. The van der Waals surface area contributed by atoms with Crippen LogP contribution in [0.25, 0.3) is 22.2 Å². The second-order valence-corrected chi connectivity index (χ2v) is 11.6. The van der Waals surface area contributed by atoms with Gasteiger partial charge in [0.05, 0.1) is 34.3 Å². The highest BCUT2D eigenvalue weighted by molar-refractivity contribution is 9.10. The zero-order chi connectivity index (χ0) is 28.7. The molecule has 1 saturated heterocycles. The first-order chi connectivity index (χ1) is 19.8. The smallest absolute Gasteiger partial charge is 0.339 e. The molecule has 0 bridgehead atoms. The summed E-state index contributed by atoms with van der Waals surface area (Å²) >= 11 is 3.35. The van der Waals surface area contributed by atoms with Crippen LogP contribution in [-0.4, -0.2) is 35.2 Å². The second-order valence-electron chi connectivity index (χ2n) is 10.6. The highest BCUT2D eigenvalue weighted by Gasteiger charge is 2.48. The summed E-state index contributed by atoms with van der Waals surface area (Å²) in [6.07, 6.45) is 3.47. The van der Waals surface area contributed by atoms with Gasteiger partial charge in [-0.05, 0) is 62.2 Å². The molecule has 2 atom stereocenters. The van der Waals surface area contributed by atoms with Gasteiger partial charge in [-0.25, -0.2) is 9.78 Å². The van der Waals surface area contributed by atoms with Gasteiger partial charge in [-0.3, -0.25) is 19.3 Å². The Hall–Kier alpha value is -4.17. The Morgan fingerprint density at radius 2 is 1.56 bits per heavy atom. The SMILES string of the molecule is Cc1ccc2nc(-c3ccc(N4C(=O)[C@H]5CCCC[C@@H]5C4=O)cc3)cc(C(=O)OCC(=O)c3ccc(Br)cc3)c2c1. The average Bonchev–Trinajstić information content (AvgIpc) is 3.25. The Balaban J connectivity index is 1.28. The number of anilines is 1. The van der Waals surface area contributed by atoms with Crippen LogP contribution in [0.4, 0.5) is 5.69 Å². The van der Waals surface area contributed by atoms with E-state index in [0.717, 1.165) is 35.7 Å². The number of pyridine rings is 1. The number of esters is 1. The fourth-order valence-electron chi connectivity index (χ4n) is 5.78. The van der Waals surface area contributed by atoms with Crippen molar-refractivity contribution in [3.8, 4) is 11.3 Å². The van der Waals surface area contributed by atoms with Crippen molar-refractivity contribution in [2.24, 2.45) is 11.8 Å². The monoisotopic (exact) mass is 610 g/mol. The van der Waals surface area contributed by atoms with Crippen LogP contribution in [0.2, 0.25) is 0 Å². The van der Waals surface area contributed by atoms with E-state index in [4.69, 9.17) is 9.72 Å². The molecule has 7 nitrogen and oxygen atoms in total. The van der Waals surface area contributed by atoms with Gasteiger partial charge in [-0.2, -0.15) is 0 Å². The Labute approximate surface area is 245 Å². The van der Waals surface area contributed by atoms with E-state index >= 15 is 0 Å². The van der Waals surface area contributed by atoms with Gasteiger partial charge in [-0.1, -0.05) is 64.7 Å². The first kappa shape index (κ1) is 27.0. The number of halogens is 1. The van der Waals surface area contributed by atoms with Crippen molar-refractivity contribution < 1.29 is 23.9 Å². The van der Waals surface area contributed by atoms with Crippen LogP contribution in [0.1, 0.15) is 52.0 Å². The number of carbonyl (C=O) groups excluding carboxylic acids is 4. The van der Waals surface area contributed by atoms with Gasteiger partial charge < -0.3 is 4.74 Å². The minimum Gasteiger partial charge on any atom is -0.454 e. The minimum absolute atomic E-state index is 0.116. The number of aromatic nitrogens is 1. The van der Waals surface area contributed by atoms with Crippen LogP contribution in [0.5, 0.6) is 0 Å². The maximum Gasteiger partial charge on any atom is 0.339 e. The molecular formula is C33H27BrN2O5. The quantitative estimate of drug-likeness (QED) is 0.137. The molecule has 41 heavy (non-hydrogen) atoms. The van der Waals surface area contributed by atoms with Gasteiger partial charge in [-0.15, -0.1) is 0 Å². The van der Waals surface area contributed by atoms with Crippen molar-refractivity contribution >= 4 is 56.1 Å². The molecule has 2 heterocycles. The summed E-state index contributed by atoms with van der Waals surface area (Å²) < 4.78 is 6.31. The number of aryl methyl sites for hydroxylation is 1. The topological polar surface area (TPSA) is 93.6 Å². The van der Waals surface area contributed by atoms with Crippen molar-refractivity contribution in [2.45, 2.75) is 32.6 Å². The predicted molar refractivity (Wildman–Crippen MR) is 159 cm³/mol. The average molecular weight is 611 g/mol. The largest absolute Gasteiger partial charge is 0.454 e. The lowest BCUT2D eigenvalue weighted by Gasteiger charge is -2.19. The zero-order valence-electron chi connectivity index (χ0n) is 22.4. The lowest BCUT2D eigenvalue weighted by atomic mass is 9.81. The molecule has 1 aliphatic heterocycles. The molecule has 2 aliphatic rings. The van der Waals surface area contributed by atoms with Crippen LogP contribution >= 0.6 is 15.9 Å². The number of benzene rings is 3. The van der Waals surface area contributed by atoms with Gasteiger partial charge in [0.2, 0.25) is 11.8 Å². The maximum atomic E-state index is 13.3. The van der Waals surface area contributed by atoms with Crippen LogP contribution < -0.4 is 4.90 Å². The first-order valence-corrected chi connectivity index (χ1v) is 14.4. The number of hydrogen-bond donors (Lipinski definition) is 0. The summed E-state index contributed by atoms with van der Waals surface area (Å²) in [5, 5.41) is 0.627. The van der Waals surface area contributed by atoms with Gasteiger partial charge in [0.25, 0.3) is 0 Å². The molecule has 0 N–H and O–H groups in total. The summed E-state index contributed by atoms with van der Waals surface area (Å²) in [7, 11) is 0. The molecule has 0 spiro atoms. The first-order valence-electron chi connectivity index (χ1n) is 13.7. The highest BCUT2D eigenvalue weighted by Crippen LogP contribution is 2.40. The molecule has 4 aromatic rings. The molecule has 3 aromatic carbocycles. The van der Waals surface area contributed by atoms with Crippen molar-refractivity contribution in [2.75, 3.05) is 11.5 Å². The Kier molecular flexibility index (Phi) is 7.26. The number of nitrogens with zero attached hydrogens (tertiary/aromatic N) is 2. The van der Waals surface area contributed by atoms with Crippen LogP contribution in [-0.2, 0) is 14.3 Å². The number of amides is 2. The molecule has 206 valence electrons. The van der Waals surface area contributed by atoms with E-state index in [-0.39, 0.29) is 36.0 Å². The van der Waals surface area contributed by atoms with E-state index < -0.39 is 5.97 Å². The number of fused-ring (bicyclic) bond motifs is 2.